The highest BCUT2D eigenvalue weighted by Crippen LogP contribution is 2.39. The van der Waals surface area contributed by atoms with Gasteiger partial charge >= 0.3 is 0 Å². The Hall–Kier alpha value is -0.0800. The van der Waals surface area contributed by atoms with E-state index in [-0.39, 0.29) is 5.60 Å². The second-order valence-electron chi connectivity index (χ2n) is 4.48. The van der Waals surface area contributed by atoms with Crippen molar-refractivity contribution in [3.8, 4) is 0 Å². The van der Waals surface area contributed by atoms with Gasteiger partial charge in [0.1, 0.15) is 0 Å². The van der Waals surface area contributed by atoms with E-state index in [4.69, 9.17) is 4.74 Å². The van der Waals surface area contributed by atoms with Crippen molar-refractivity contribution < 1.29 is 4.74 Å². The van der Waals surface area contributed by atoms with Crippen LogP contribution in [0.4, 0.5) is 0 Å². The molecule has 1 atom stereocenters. The zero-order valence-corrected chi connectivity index (χ0v) is 8.64. The highest BCUT2D eigenvalue weighted by Gasteiger charge is 2.38. The molecule has 1 aliphatic carbocycles. The van der Waals surface area contributed by atoms with Crippen LogP contribution in [0.25, 0.3) is 0 Å². The topological polar surface area (TPSA) is 21.3 Å². The average Bonchev–Trinajstić information content (AvgIpc) is 2.13. The number of ether oxygens (including phenoxy) is 1. The number of hydrogen-bond donors (Lipinski definition) is 1. The Kier molecular flexibility index (Phi) is 2.89. The molecule has 2 aliphatic rings. The zero-order valence-electron chi connectivity index (χ0n) is 8.64. The fourth-order valence-corrected chi connectivity index (χ4v) is 2.40. The van der Waals surface area contributed by atoms with E-state index in [1.165, 1.54) is 45.1 Å². The van der Waals surface area contributed by atoms with Crippen molar-refractivity contribution in [2.45, 2.75) is 57.2 Å². The number of piperidine rings is 1. The minimum Gasteiger partial charge on any atom is -0.370 e. The lowest BCUT2D eigenvalue weighted by Gasteiger charge is -2.44. The van der Waals surface area contributed by atoms with Gasteiger partial charge in [0.05, 0.1) is 11.7 Å². The Bertz CT molecular complexity index is 154. The number of hydrogen-bond acceptors (Lipinski definition) is 2. The summed E-state index contributed by atoms with van der Waals surface area (Å²) in [6.07, 6.45) is 8.19. The van der Waals surface area contributed by atoms with Gasteiger partial charge in [-0.2, -0.15) is 0 Å². The smallest absolute Gasteiger partial charge is 0.0707 e. The molecule has 1 N–H and O–H groups in total. The predicted octanol–water partition coefficient (Wildman–Crippen LogP) is 2.09. The summed E-state index contributed by atoms with van der Waals surface area (Å²) in [4.78, 5) is 0. The average molecular weight is 183 g/mol. The van der Waals surface area contributed by atoms with Gasteiger partial charge in [-0.15, -0.1) is 0 Å². The summed E-state index contributed by atoms with van der Waals surface area (Å²) in [7, 11) is 0. The quantitative estimate of drug-likeness (QED) is 0.723. The Morgan fingerprint density at radius 3 is 2.69 bits per heavy atom. The van der Waals surface area contributed by atoms with Crippen LogP contribution < -0.4 is 5.32 Å². The summed E-state index contributed by atoms with van der Waals surface area (Å²) in [5, 5.41) is 3.40. The minimum absolute atomic E-state index is 0.281. The lowest BCUT2D eigenvalue weighted by atomic mass is 9.78. The Morgan fingerprint density at radius 1 is 1.38 bits per heavy atom. The van der Waals surface area contributed by atoms with Crippen molar-refractivity contribution >= 4 is 0 Å². The highest BCUT2D eigenvalue weighted by molar-refractivity contribution is 4.90. The minimum atomic E-state index is 0.281. The molecule has 0 amide bonds. The van der Waals surface area contributed by atoms with Gasteiger partial charge in [0.25, 0.3) is 0 Å². The van der Waals surface area contributed by atoms with E-state index in [0.29, 0.717) is 6.10 Å². The monoisotopic (exact) mass is 183 g/mol. The van der Waals surface area contributed by atoms with Crippen LogP contribution in [0.1, 0.15) is 45.4 Å². The molecular formula is C11H21NO. The maximum Gasteiger partial charge on any atom is 0.0707 e. The van der Waals surface area contributed by atoms with E-state index in [1.54, 1.807) is 0 Å². The Labute approximate surface area is 81.0 Å². The van der Waals surface area contributed by atoms with Gasteiger partial charge in [0.15, 0.2) is 0 Å². The Morgan fingerprint density at radius 2 is 2.23 bits per heavy atom. The van der Waals surface area contributed by atoms with Crippen molar-refractivity contribution in [2.75, 3.05) is 13.1 Å². The molecule has 1 aliphatic heterocycles. The number of rotatable bonds is 3. The first-order chi connectivity index (χ1) is 6.35. The van der Waals surface area contributed by atoms with Crippen molar-refractivity contribution in [1.82, 2.24) is 5.32 Å². The molecule has 1 saturated carbocycles. The van der Waals surface area contributed by atoms with Gasteiger partial charge in [-0.1, -0.05) is 6.92 Å². The molecule has 2 nitrogen and oxygen atoms in total. The molecule has 1 unspecified atom stereocenters. The van der Waals surface area contributed by atoms with Crippen LogP contribution in [0.5, 0.6) is 0 Å². The first-order valence-electron chi connectivity index (χ1n) is 5.73. The SMILES string of the molecule is CCC1(OC2CCCNC2)CCC1. The molecule has 2 fully saturated rings. The second-order valence-corrected chi connectivity index (χ2v) is 4.48. The number of nitrogens with one attached hydrogen (secondary N) is 1. The largest absolute Gasteiger partial charge is 0.370 e. The van der Waals surface area contributed by atoms with Crippen LogP contribution in [0, 0.1) is 0 Å². The van der Waals surface area contributed by atoms with Crippen molar-refractivity contribution in [3.63, 3.8) is 0 Å². The van der Waals surface area contributed by atoms with Gasteiger partial charge in [0, 0.05) is 6.54 Å². The zero-order chi connectivity index (χ0) is 9.15. The standard InChI is InChI=1S/C11H21NO/c1-2-11(6-4-7-11)13-10-5-3-8-12-9-10/h10,12H,2-9H2,1H3. The van der Waals surface area contributed by atoms with E-state index in [9.17, 15) is 0 Å². The summed E-state index contributed by atoms with van der Waals surface area (Å²) in [6.45, 7) is 4.51. The fourth-order valence-electron chi connectivity index (χ4n) is 2.40. The second kappa shape index (κ2) is 3.97. The van der Waals surface area contributed by atoms with Crippen LogP contribution in [0.2, 0.25) is 0 Å². The highest BCUT2D eigenvalue weighted by atomic mass is 16.5. The first-order valence-corrected chi connectivity index (χ1v) is 5.73. The first kappa shape index (κ1) is 9.47. The fraction of sp³-hybridized carbons (Fsp3) is 1.00. The van der Waals surface area contributed by atoms with Gasteiger partial charge < -0.3 is 10.1 Å². The molecule has 0 aromatic heterocycles. The van der Waals surface area contributed by atoms with Gasteiger partial charge in [0.2, 0.25) is 0 Å². The molecule has 0 aromatic carbocycles. The third-order valence-corrected chi connectivity index (χ3v) is 3.58. The van der Waals surface area contributed by atoms with E-state index in [2.05, 4.69) is 12.2 Å². The summed E-state index contributed by atoms with van der Waals surface area (Å²) >= 11 is 0. The summed E-state index contributed by atoms with van der Waals surface area (Å²) < 4.78 is 6.20. The lowest BCUT2D eigenvalue weighted by molar-refractivity contribution is -0.145. The van der Waals surface area contributed by atoms with Crippen LogP contribution >= 0.6 is 0 Å². The molecule has 0 spiro atoms. The molecule has 13 heavy (non-hydrogen) atoms. The summed E-state index contributed by atoms with van der Waals surface area (Å²) in [5.74, 6) is 0. The van der Waals surface area contributed by atoms with Gasteiger partial charge in [-0.25, -0.2) is 0 Å². The van der Waals surface area contributed by atoms with Crippen LogP contribution in [0.3, 0.4) is 0 Å². The van der Waals surface area contributed by atoms with E-state index in [0.717, 1.165) is 6.54 Å². The molecule has 1 saturated heterocycles. The molecule has 0 aromatic rings. The molecule has 2 rings (SSSR count). The predicted molar refractivity (Wildman–Crippen MR) is 53.8 cm³/mol. The van der Waals surface area contributed by atoms with Crippen molar-refractivity contribution in [1.29, 1.82) is 0 Å². The summed E-state index contributed by atoms with van der Waals surface area (Å²) in [6, 6.07) is 0. The van der Waals surface area contributed by atoms with Crippen LogP contribution in [-0.4, -0.2) is 24.8 Å². The third kappa shape index (κ3) is 2.05. The van der Waals surface area contributed by atoms with Crippen molar-refractivity contribution in [2.24, 2.45) is 0 Å². The Balaban J connectivity index is 1.81. The third-order valence-electron chi connectivity index (χ3n) is 3.58. The van der Waals surface area contributed by atoms with Crippen LogP contribution in [-0.2, 0) is 4.74 Å². The van der Waals surface area contributed by atoms with E-state index in [1.807, 2.05) is 0 Å². The molecule has 76 valence electrons. The molecular weight excluding hydrogens is 162 g/mol. The van der Waals surface area contributed by atoms with E-state index < -0.39 is 0 Å². The van der Waals surface area contributed by atoms with Gasteiger partial charge in [-0.05, 0) is 45.1 Å². The van der Waals surface area contributed by atoms with Crippen LogP contribution in [0.15, 0.2) is 0 Å². The maximum absolute atomic E-state index is 6.20. The molecule has 2 heteroatoms. The van der Waals surface area contributed by atoms with Crippen molar-refractivity contribution in [3.05, 3.63) is 0 Å². The molecule has 0 bridgehead atoms. The maximum atomic E-state index is 6.20. The summed E-state index contributed by atoms with van der Waals surface area (Å²) in [5.41, 5.74) is 0.281. The van der Waals surface area contributed by atoms with E-state index >= 15 is 0 Å². The molecule has 0 radical (unpaired) electrons. The molecule has 1 heterocycles. The lowest BCUT2D eigenvalue weighted by Crippen LogP contribution is -2.46. The normalized spacial score (nSPS) is 32.5. The van der Waals surface area contributed by atoms with Gasteiger partial charge in [-0.3, -0.25) is 0 Å².